The van der Waals surface area contributed by atoms with Crippen molar-refractivity contribution in [2.75, 3.05) is 4.90 Å². The van der Waals surface area contributed by atoms with E-state index in [1.165, 1.54) is 17.8 Å². The fourth-order valence-electron chi connectivity index (χ4n) is 3.89. The number of aromatic nitrogens is 2. The van der Waals surface area contributed by atoms with Gasteiger partial charge < -0.3 is 9.84 Å². The monoisotopic (exact) mass is 399 g/mol. The minimum Gasteiger partial charge on any atom is -0.449 e. The molecule has 3 aromatic heterocycles. The highest BCUT2D eigenvalue weighted by Crippen LogP contribution is 2.40. The first kappa shape index (κ1) is 18.5. The van der Waals surface area contributed by atoms with Crippen LogP contribution in [-0.2, 0) is 4.79 Å². The minimum absolute atomic E-state index is 0.0163. The molecule has 28 heavy (non-hydrogen) atoms. The van der Waals surface area contributed by atoms with E-state index in [4.69, 9.17) is 14.8 Å². The largest absolute Gasteiger partial charge is 0.512 e. The Kier molecular flexibility index (Phi) is 5.04. The van der Waals surface area contributed by atoms with E-state index in [1.54, 1.807) is 19.1 Å². The lowest BCUT2D eigenvalue weighted by Gasteiger charge is -2.33. The van der Waals surface area contributed by atoms with Gasteiger partial charge in [-0.1, -0.05) is 36.7 Å². The Bertz CT molecular complexity index is 1020. The average Bonchev–Trinajstić information content (AvgIpc) is 3.27. The molecule has 0 unspecified atom stereocenters. The molecule has 146 valence electrons. The molecule has 3 heterocycles. The van der Waals surface area contributed by atoms with Gasteiger partial charge in [0.1, 0.15) is 17.2 Å². The van der Waals surface area contributed by atoms with Crippen LogP contribution in [0, 0.1) is 0 Å². The number of amides is 1. The highest BCUT2D eigenvalue weighted by Gasteiger charge is 2.30. The molecule has 0 saturated heterocycles. The standard InChI is InChI=1S/C20H21N3O4S/c1-13(24)23(14-7-3-2-4-8-14)19-18(21-16-9-5-6-12-22(16)19)15-10-11-17(28-15)27-20(25)26/h5-6,9-12,14H,2-4,7-8H2,1H3,(H,25,26). The van der Waals surface area contributed by atoms with Crippen molar-refractivity contribution in [1.82, 2.24) is 9.38 Å². The normalized spacial score (nSPS) is 14.9. The van der Waals surface area contributed by atoms with Crippen molar-refractivity contribution in [2.24, 2.45) is 0 Å². The number of imidazole rings is 1. The van der Waals surface area contributed by atoms with Crippen LogP contribution in [0.4, 0.5) is 10.6 Å². The molecule has 3 aromatic rings. The van der Waals surface area contributed by atoms with Crippen molar-refractivity contribution in [3.63, 3.8) is 0 Å². The van der Waals surface area contributed by atoms with Crippen molar-refractivity contribution in [2.45, 2.75) is 45.1 Å². The summed E-state index contributed by atoms with van der Waals surface area (Å²) in [5.74, 6) is 0.719. The van der Waals surface area contributed by atoms with Gasteiger partial charge >= 0.3 is 6.16 Å². The average molecular weight is 399 g/mol. The number of nitrogens with zero attached hydrogens (tertiary/aromatic N) is 3. The summed E-state index contributed by atoms with van der Waals surface area (Å²) in [6.45, 7) is 1.59. The van der Waals surface area contributed by atoms with E-state index < -0.39 is 6.16 Å². The fraction of sp³-hybridized carbons (Fsp3) is 0.350. The predicted molar refractivity (Wildman–Crippen MR) is 107 cm³/mol. The van der Waals surface area contributed by atoms with Gasteiger partial charge in [-0.3, -0.25) is 14.1 Å². The van der Waals surface area contributed by atoms with Gasteiger partial charge in [0.05, 0.1) is 4.88 Å². The third kappa shape index (κ3) is 3.47. The topological polar surface area (TPSA) is 84.1 Å². The van der Waals surface area contributed by atoms with Crippen LogP contribution in [-0.4, -0.2) is 32.6 Å². The summed E-state index contributed by atoms with van der Waals surface area (Å²) in [5, 5.41) is 9.13. The molecule has 0 aromatic carbocycles. The van der Waals surface area contributed by atoms with Gasteiger partial charge in [-0.25, -0.2) is 9.78 Å². The molecule has 1 aliphatic carbocycles. The van der Waals surface area contributed by atoms with Gasteiger partial charge in [0, 0.05) is 19.2 Å². The maximum Gasteiger partial charge on any atom is 0.512 e. The molecule has 0 radical (unpaired) electrons. The number of carboxylic acid groups (broad SMARTS) is 1. The number of anilines is 1. The van der Waals surface area contributed by atoms with Crippen LogP contribution in [0.2, 0.25) is 0 Å². The molecule has 0 aliphatic heterocycles. The van der Waals surface area contributed by atoms with Gasteiger partial charge in [0.15, 0.2) is 5.06 Å². The molecular formula is C20H21N3O4S. The summed E-state index contributed by atoms with van der Waals surface area (Å²) >= 11 is 1.20. The zero-order valence-corrected chi connectivity index (χ0v) is 16.3. The molecule has 7 nitrogen and oxygen atoms in total. The number of thiophene rings is 1. The second-order valence-corrected chi connectivity index (χ2v) is 7.93. The van der Waals surface area contributed by atoms with E-state index in [0.29, 0.717) is 5.69 Å². The van der Waals surface area contributed by atoms with Crippen molar-refractivity contribution in [1.29, 1.82) is 0 Å². The van der Waals surface area contributed by atoms with Crippen molar-refractivity contribution >= 4 is 34.9 Å². The summed E-state index contributed by atoms with van der Waals surface area (Å²) in [5.41, 5.74) is 1.40. The van der Waals surface area contributed by atoms with E-state index in [9.17, 15) is 9.59 Å². The van der Waals surface area contributed by atoms with E-state index in [2.05, 4.69) is 0 Å². The van der Waals surface area contributed by atoms with E-state index in [-0.39, 0.29) is 17.0 Å². The smallest absolute Gasteiger partial charge is 0.449 e. The van der Waals surface area contributed by atoms with E-state index in [1.807, 2.05) is 33.7 Å². The number of carbonyl (C=O) groups excluding carboxylic acids is 1. The van der Waals surface area contributed by atoms with Crippen LogP contribution < -0.4 is 9.64 Å². The fourth-order valence-corrected chi connectivity index (χ4v) is 4.72. The van der Waals surface area contributed by atoms with Crippen molar-refractivity contribution in [3.05, 3.63) is 36.5 Å². The van der Waals surface area contributed by atoms with E-state index in [0.717, 1.165) is 42.0 Å². The molecule has 0 atom stereocenters. The minimum atomic E-state index is -1.35. The van der Waals surface area contributed by atoms with Crippen LogP contribution in [0.1, 0.15) is 39.0 Å². The molecule has 1 saturated carbocycles. The summed E-state index contributed by atoms with van der Waals surface area (Å²) in [4.78, 5) is 30.9. The molecule has 1 amide bonds. The number of pyridine rings is 1. The number of hydrogen-bond donors (Lipinski definition) is 1. The molecule has 1 fully saturated rings. The lowest BCUT2D eigenvalue weighted by Crippen LogP contribution is -2.41. The maximum atomic E-state index is 12.7. The molecule has 8 heteroatoms. The SMILES string of the molecule is CC(=O)N(c1c(-c2ccc(OC(=O)O)s2)nc2ccccn12)C1CCCCC1. The van der Waals surface area contributed by atoms with Gasteiger partial charge in [-0.05, 0) is 37.1 Å². The predicted octanol–water partition coefficient (Wildman–Crippen LogP) is 4.81. The summed E-state index contributed by atoms with van der Waals surface area (Å²) in [6, 6.07) is 9.25. The first-order chi connectivity index (χ1) is 13.5. The van der Waals surface area contributed by atoms with Crippen LogP contribution in [0.25, 0.3) is 16.2 Å². The number of carbonyl (C=O) groups is 2. The quantitative estimate of drug-likeness (QED) is 0.637. The third-order valence-electron chi connectivity index (χ3n) is 5.01. The van der Waals surface area contributed by atoms with E-state index >= 15 is 0 Å². The third-order valence-corrected chi connectivity index (χ3v) is 5.98. The first-order valence-corrected chi connectivity index (χ1v) is 10.1. The Morgan fingerprint density at radius 3 is 2.71 bits per heavy atom. The van der Waals surface area contributed by atoms with Crippen LogP contribution in [0.15, 0.2) is 36.5 Å². The molecular weight excluding hydrogens is 378 g/mol. The van der Waals surface area contributed by atoms with Crippen molar-refractivity contribution < 1.29 is 19.4 Å². The second-order valence-electron chi connectivity index (χ2n) is 6.88. The number of hydrogen-bond acceptors (Lipinski definition) is 5. The van der Waals surface area contributed by atoms with Gasteiger partial charge in [-0.2, -0.15) is 0 Å². The van der Waals surface area contributed by atoms with Crippen LogP contribution in [0.5, 0.6) is 5.06 Å². The Hall–Kier alpha value is -2.87. The Balaban J connectivity index is 1.86. The summed E-state index contributed by atoms with van der Waals surface area (Å²) in [7, 11) is 0. The van der Waals surface area contributed by atoms with Crippen LogP contribution >= 0.6 is 11.3 Å². The highest BCUT2D eigenvalue weighted by atomic mass is 32.1. The molecule has 0 spiro atoms. The molecule has 0 bridgehead atoms. The summed E-state index contributed by atoms with van der Waals surface area (Å²) < 4.78 is 6.71. The first-order valence-electron chi connectivity index (χ1n) is 9.32. The number of fused-ring (bicyclic) bond motifs is 1. The number of ether oxygens (including phenoxy) is 1. The van der Waals surface area contributed by atoms with Crippen molar-refractivity contribution in [3.8, 4) is 15.6 Å². The molecule has 4 rings (SSSR count). The van der Waals surface area contributed by atoms with Gasteiger partial charge in [0.2, 0.25) is 5.91 Å². The Morgan fingerprint density at radius 1 is 1.21 bits per heavy atom. The van der Waals surface area contributed by atoms with Gasteiger partial charge in [0.25, 0.3) is 0 Å². The lowest BCUT2D eigenvalue weighted by atomic mass is 9.94. The van der Waals surface area contributed by atoms with Gasteiger partial charge in [-0.15, -0.1) is 0 Å². The Labute approximate surface area is 166 Å². The molecule has 1 aliphatic rings. The zero-order chi connectivity index (χ0) is 19.7. The maximum absolute atomic E-state index is 12.7. The highest BCUT2D eigenvalue weighted by molar-refractivity contribution is 7.17. The lowest BCUT2D eigenvalue weighted by molar-refractivity contribution is -0.117. The summed E-state index contributed by atoms with van der Waals surface area (Å²) in [6.07, 6.45) is 5.90. The Morgan fingerprint density at radius 2 is 2.00 bits per heavy atom. The zero-order valence-electron chi connectivity index (χ0n) is 15.5. The number of rotatable bonds is 4. The molecule has 1 N–H and O–H groups in total. The second kappa shape index (κ2) is 7.63. The van der Waals surface area contributed by atoms with Crippen LogP contribution in [0.3, 0.4) is 0 Å².